The van der Waals surface area contributed by atoms with Crippen molar-refractivity contribution in [3.8, 4) is 23.8 Å². The minimum atomic E-state index is -0.970. The highest BCUT2D eigenvalue weighted by Crippen LogP contribution is 2.52. The Labute approximate surface area is 251 Å². The van der Waals surface area contributed by atoms with Crippen molar-refractivity contribution in [3.05, 3.63) is 95.6 Å². The van der Waals surface area contributed by atoms with Crippen molar-refractivity contribution in [1.29, 1.82) is 0 Å². The lowest BCUT2D eigenvalue weighted by atomic mass is 9.74. The maximum absolute atomic E-state index is 14.7. The molecule has 0 aromatic heterocycles. The lowest BCUT2D eigenvalue weighted by molar-refractivity contribution is -0.137. The van der Waals surface area contributed by atoms with Crippen molar-refractivity contribution >= 4 is 23.8 Å². The lowest BCUT2D eigenvalue weighted by Crippen LogP contribution is -2.54. The number of aliphatic carboxylic acids is 1. The molecule has 2 fully saturated rings. The minimum absolute atomic E-state index is 0.0945. The van der Waals surface area contributed by atoms with Crippen LogP contribution in [-0.4, -0.2) is 70.8 Å². The summed E-state index contributed by atoms with van der Waals surface area (Å²) in [5.41, 5.74) is 1.86. The fourth-order valence-electron chi connectivity index (χ4n) is 6.51. The number of terminal acetylenes is 1. The largest absolute Gasteiger partial charge is 0.497 e. The van der Waals surface area contributed by atoms with Gasteiger partial charge in [-0.2, -0.15) is 11.8 Å². The number of carboxylic acid groups (broad SMARTS) is 1. The number of fused-ring (bicyclic) bond motifs is 1. The zero-order chi connectivity index (χ0) is 29.7. The summed E-state index contributed by atoms with van der Waals surface area (Å²) in [6.07, 6.45) is 8.21. The number of rotatable bonds is 12. The van der Waals surface area contributed by atoms with Gasteiger partial charge in [-0.3, -0.25) is 4.79 Å². The molecule has 0 bridgehead atoms. The Morgan fingerprint density at radius 3 is 2.05 bits per heavy atom. The number of hydrogen-bond donors (Lipinski definition) is 1. The van der Waals surface area contributed by atoms with E-state index in [-0.39, 0.29) is 36.3 Å². The molecule has 42 heavy (non-hydrogen) atoms. The third-order valence-electron chi connectivity index (χ3n) is 8.36. The molecule has 0 saturated carbocycles. The first-order valence-corrected chi connectivity index (χ1v) is 15.2. The van der Waals surface area contributed by atoms with E-state index in [0.29, 0.717) is 6.42 Å². The van der Waals surface area contributed by atoms with Crippen LogP contribution in [0.1, 0.15) is 42.4 Å². The second-order valence-electron chi connectivity index (χ2n) is 10.6. The van der Waals surface area contributed by atoms with Crippen molar-refractivity contribution in [2.24, 2.45) is 0 Å². The van der Waals surface area contributed by atoms with Gasteiger partial charge in [0.1, 0.15) is 17.0 Å². The maximum Gasteiger partial charge on any atom is 0.322 e. The van der Waals surface area contributed by atoms with Crippen LogP contribution in [0.25, 0.3) is 0 Å². The molecule has 1 N–H and O–H groups in total. The van der Waals surface area contributed by atoms with Crippen LogP contribution in [0, 0.1) is 12.3 Å². The van der Waals surface area contributed by atoms with E-state index in [1.54, 1.807) is 14.2 Å². The van der Waals surface area contributed by atoms with E-state index in [1.165, 1.54) is 0 Å². The normalized spacial score (nSPS) is 19.8. The van der Waals surface area contributed by atoms with Crippen molar-refractivity contribution in [3.63, 3.8) is 0 Å². The van der Waals surface area contributed by atoms with Gasteiger partial charge in [0.05, 0.1) is 32.8 Å². The Morgan fingerprint density at radius 1 is 0.952 bits per heavy atom. The fourth-order valence-corrected chi connectivity index (χ4v) is 8.16. The number of ether oxygens (including phenoxy) is 2. The van der Waals surface area contributed by atoms with E-state index in [9.17, 15) is 9.59 Å². The van der Waals surface area contributed by atoms with Gasteiger partial charge in [0.15, 0.2) is 0 Å². The van der Waals surface area contributed by atoms with Gasteiger partial charge in [0.2, 0.25) is 0 Å². The summed E-state index contributed by atoms with van der Waals surface area (Å²) in [6.45, 7) is 0.207. The molecule has 3 atom stereocenters. The lowest BCUT2D eigenvalue weighted by Gasteiger charge is -2.45. The van der Waals surface area contributed by atoms with Gasteiger partial charge < -0.3 is 24.4 Å². The number of benzene rings is 3. The SMILES string of the molecule is C#CCN1C(=O)N(C(c2ccccc2)(c2ccc(OC)cc2)c2ccc(OC)cc2)C2CSC(CCCCC(=O)O)C21. The third-order valence-corrected chi connectivity index (χ3v) is 9.84. The summed E-state index contributed by atoms with van der Waals surface area (Å²) in [5.74, 6) is 4.16. The molecule has 3 aromatic rings. The zero-order valence-electron chi connectivity index (χ0n) is 23.9. The van der Waals surface area contributed by atoms with Crippen molar-refractivity contribution < 1.29 is 24.2 Å². The second-order valence-corrected chi connectivity index (χ2v) is 11.9. The van der Waals surface area contributed by atoms with Crippen LogP contribution in [0.3, 0.4) is 0 Å². The molecule has 5 rings (SSSR count). The number of unbranched alkanes of at least 4 members (excludes halogenated alkanes) is 1. The molecule has 2 saturated heterocycles. The Morgan fingerprint density at radius 2 is 1.52 bits per heavy atom. The quantitative estimate of drug-likeness (QED) is 0.124. The molecule has 8 heteroatoms. The van der Waals surface area contributed by atoms with Crippen LogP contribution in [0.2, 0.25) is 0 Å². The van der Waals surface area contributed by atoms with Crippen molar-refractivity contribution in [1.82, 2.24) is 9.80 Å². The second kappa shape index (κ2) is 12.8. The van der Waals surface area contributed by atoms with E-state index in [1.807, 2.05) is 83.4 Å². The number of nitrogens with zero attached hydrogens (tertiary/aromatic N) is 2. The number of hydrogen-bond acceptors (Lipinski definition) is 5. The molecular weight excluding hydrogens is 548 g/mol. The number of carbonyl (C=O) groups excluding carboxylic acids is 1. The average molecular weight is 585 g/mol. The average Bonchev–Trinajstić information content (AvgIpc) is 3.55. The maximum atomic E-state index is 14.7. The first-order chi connectivity index (χ1) is 20.4. The predicted octanol–water partition coefficient (Wildman–Crippen LogP) is 5.86. The Bertz CT molecular complexity index is 1370. The molecule has 0 spiro atoms. The van der Waals surface area contributed by atoms with Gasteiger partial charge in [-0.15, -0.1) is 6.42 Å². The summed E-state index contributed by atoms with van der Waals surface area (Å²) >= 11 is 1.85. The highest BCUT2D eigenvalue weighted by Gasteiger charge is 2.60. The smallest absolute Gasteiger partial charge is 0.322 e. The molecule has 2 aliphatic rings. The van der Waals surface area contributed by atoms with Crippen LogP contribution in [-0.2, 0) is 10.3 Å². The molecule has 0 aliphatic carbocycles. The minimum Gasteiger partial charge on any atom is -0.497 e. The molecule has 2 amide bonds. The number of carboxylic acids is 1. The summed E-state index contributed by atoms with van der Waals surface area (Å²) in [5, 5.41) is 9.27. The van der Waals surface area contributed by atoms with Gasteiger partial charge in [0.25, 0.3) is 0 Å². The molecule has 218 valence electrons. The third kappa shape index (κ3) is 5.30. The number of methoxy groups -OCH3 is 2. The van der Waals surface area contributed by atoms with E-state index in [0.717, 1.165) is 46.8 Å². The zero-order valence-corrected chi connectivity index (χ0v) is 24.8. The highest BCUT2D eigenvalue weighted by molar-refractivity contribution is 8.00. The molecular formula is C34H36N2O5S. The first-order valence-electron chi connectivity index (χ1n) is 14.2. The molecule has 0 radical (unpaired) electrons. The van der Waals surface area contributed by atoms with Crippen LogP contribution in [0.4, 0.5) is 4.79 Å². The first kappa shape index (κ1) is 29.4. The van der Waals surface area contributed by atoms with Crippen LogP contribution >= 0.6 is 11.8 Å². The van der Waals surface area contributed by atoms with E-state index >= 15 is 0 Å². The molecule has 3 aromatic carbocycles. The summed E-state index contributed by atoms with van der Waals surface area (Å²) in [6, 6.07) is 25.7. The molecule has 3 unspecified atom stereocenters. The highest BCUT2D eigenvalue weighted by atomic mass is 32.2. The van der Waals surface area contributed by atoms with E-state index in [4.69, 9.17) is 21.0 Å². The monoisotopic (exact) mass is 584 g/mol. The van der Waals surface area contributed by atoms with Gasteiger partial charge in [0, 0.05) is 17.4 Å². The van der Waals surface area contributed by atoms with Gasteiger partial charge in [-0.05, 0) is 53.8 Å². The summed E-state index contributed by atoms with van der Waals surface area (Å²) in [4.78, 5) is 29.7. The molecule has 7 nitrogen and oxygen atoms in total. The predicted molar refractivity (Wildman–Crippen MR) is 165 cm³/mol. The summed E-state index contributed by atoms with van der Waals surface area (Å²) in [7, 11) is 3.28. The Hall–Kier alpha value is -4.09. The standard InChI is InChI=1S/C34H36N2O5S/c1-4-22-35-32-29(23-42-30(32)12-8-9-13-31(37)38)36(33(35)39)34(24-10-6-5-7-11-24,25-14-18-27(40-2)19-15-25)26-16-20-28(41-3)21-17-26/h1,5-7,10-11,14-21,29-30,32H,8-9,12-13,22-23H2,2-3H3,(H,37,38). The van der Waals surface area contributed by atoms with Crippen molar-refractivity contribution in [2.75, 3.05) is 26.5 Å². The van der Waals surface area contributed by atoms with Crippen LogP contribution in [0.5, 0.6) is 11.5 Å². The van der Waals surface area contributed by atoms with Gasteiger partial charge in [-0.1, -0.05) is 66.9 Å². The Kier molecular flexibility index (Phi) is 8.98. The number of urea groups is 1. The fraction of sp³-hybridized carbons (Fsp3) is 0.353. The Balaban J connectivity index is 1.68. The van der Waals surface area contributed by atoms with E-state index < -0.39 is 11.5 Å². The molecule has 2 aliphatic heterocycles. The van der Waals surface area contributed by atoms with Crippen LogP contribution < -0.4 is 9.47 Å². The topological polar surface area (TPSA) is 79.3 Å². The van der Waals surface area contributed by atoms with Gasteiger partial charge in [-0.25, -0.2) is 4.79 Å². The molecule has 2 heterocycles. The summed E-state index contributed by atoms with van der Waals surface area (Å²) < 4.78 is 11.0. The number of amides is 2. The van der Waals surface area contributed by atoms with Crippen LogP contribution in [0.15, 0.2) is 78.9 Å². The number of carbonyl (C=O) groups is 2. The number of thioether (sulfide) groups is 1. The van der Waals surface area contributed by atoms with Gasteiger partial charge >= 0.3 is 12.0 Å². The van der Waals surface area contributed by atoms with E-state index in [2.05, 4.69) is 23.0 Å². The van der Waals surface area contributed by atoms with Crippen molar-refractivity contribution in [2.45, 2.75) is 48.6 Å².